The topological polar surface area (TPSA) is 147 Å². The molecule has 2 atom stereocenters. The van der Waals surface area contributed by atoms with Gasteiger partial charge in [-0.2, -0.15) is 42.5 Å². The van der Waals surface area contributed by atoms with Gasteiger partial charge in [-0.1, -0.05) is 85.0 Å². The van der Waals surface area contributed by atoms with Crippen LogP contribution in [0, 0.1) is 0 Å². The summed E-state index contributed by atoms with van der Waals surface area (Å²) in [5, 5.41) is 38.3. The predicted octanol–water partition coefficient (Wildman–Crippen LogP) is 7.76. The third-order valence-corrected chi connectivity index (χ3v) is 11.7. The van der Waals surface area contributed by atoms with Crippen LogP contribution in [0.15, 0.2) is 106 Å². The van der Waals surface area contributed by atoms with E-state index < -0.39 is 0 Å². The van der Waals surface area contributed by atoms with E-state index in [1.165, 1.54) is 22.3 Å². The van der Waals surface area contributed by atoms with Crippen molar-refractivity contribution in [1.82, 2.24) is 49.8 Å². The number of hydrogen-bond acceptors (Lipinski definition) is 11. The van der Waals surface area contributed by atoms with Crippen LogP contribution in [0.1, 0.15) is 44.8 Å². The second kappa shape index (κ2) is 13.4. The number of nitrogens with zero attached hydrogens (tertiary/aromatic N) is 7. The Hall–Kier alpha value is -5.83. The minimum atomic E-state index is -0.206. The fourth-order valence-electron chi connectivity index (χ4n) is 7.24. The van der Waals surface area contributed by atoms with Crippen molar-refractivity contribution in [2.75, 3.05) is 7.11 Å². The van der Waals surface area contributed by atoms with E-state index in [0.717, 1.165) is 58.5 Å². The van der Waals surface area contributed by atoms with Crippen molar-refractivity contribution in [2.45, 2.75) is 23.7 Å². The number of H-pyrrole nitrogens is 3. The normalized spacial score (nSPS) is 18.7. The first-order valence-electron chi connectivity index (χ1n) is 16.5. The Morgan fingerprint density at radius 3 is 1.73 bits per heavy atom. The van der Waals surface area contributed by atoms with Gasteiger partial charge in [-0.15, -0.1) is 14.6 Å². The van der Waals surface area contributed by atoms with Gasteiger partial charge in [-0.05, 0) is 61.1 Å². The van der Waals surface area contributed by atoms with Gasteiger partial charge in [0.05, 0.1) is 18.8 Å². The van der Waals surface area contributed by atoms with Crippen LogP contribution in [0.3, 0.4) is 0 Å². The number of benzene rings is 2. The van der Waals surface area contributed by atoms with Crippen molar-refractivity contribution in [1.29, 1.82) is 0 Å². The number of tetrazole rings is 1. The maximum absolute atomic E-state index is 5.33. The molecule has 8 aromatic rings. The molecule has 6 heterocycles. The zero-order chi connectivity index (χ0) is 35.0. The molecule has 52 heavy (non-hydrogen) atoms. The molecular weight excluding hydrogens is 709 g/mol. The highest BCUT2D eigenvalue weighted by Gasteiger charge is 2.38. The van der Waals surface area contributed by atoms with E-state index in [0.29, 0.717) is 17.4 Å². The van der Waals surface area contributed by atoms with E-state index in [-0.39, 0.29) is 10.8 Å². The monoisotopic (exact) mass is 738 g/mol. The quantitative estimate of drug-likeness (QED) is 0.150. The minimum absolute atomic E-state index is 0.199. The Morgan fingerprint density at radius 1 is 0.635 bits per heavy atom. The van der Waals surface area contributed by atoms with E-state index >= 15 is 0 Å². The number of rotatable bonds is 7. The van der Waals surface area contributed by atoms with Gasteiger partial charge in [0.15, 0.2) is 5.69 Å². The lowest BCUT2D eigenvalue weighted by Gasteiger charge is -2.33. The summed E-state index contributed by atoms with van der Waals surface area (Å²) >= 11 is 4.57. The maximum Gasteiger partial charge on any atom is 0.255 e. The molecule has 2 aromatic carbocycles. The molecule has 2 unspecified atom stereocenters. The van der Waals surface area contributed by atoms with Crippen molar-refractivity contribution in [3.05, 3.63) is 151 Å². The molecule has 0 bridgehead atoms. The molecule has 2 aliphatic carbocycles. The lowest BCUT2D eigenvalue weighted by atomic mass is 9.69. The first kappa shape index (κ1) is 32.1. The number of allylic oxidation sites excluding steroid dienone is 2. The van der Waals surface area contributed by atoms with Crippen molar-refractivity contribution in [2.24, 2.45) is 0 Å². The molecule has 11 nitrogen and oxygen atoms in total. The number of nitrogens with one attached hydrogen (secondary N) is 3. The zero-order valence-corrected chi connectivity index (χ0v) is 30.2. The Bertz CT molecular complexity index is 2470. The number of aromatic nitrogens is 10. The zero-order valence-electron chi connectivity index (χ0n) is 27.7. The van der Waals surface area contributed by atoms with Crippen LogP contribution in [0.5, 0.6) is 5.88 Å². The smallest absolute Gasteiger partial charge is 0.255 e. The first-order chi connectivity index (χ1) is 25.7. The average molecular weight is 739 g/mol. The summed E-state index contributed by atoms with van der Waals surface area (Å²) < 4.78 is 13.9. The molecule has 3 N–H and O–H groups in total. The Balaban J connectivity index is 0.000000139. The summed E-state index contributed by atoms with van der Waals surface area (Å²) in [6, 6.07) is 25.6. The van der Waals surface area contributed by atoms with Crippen LogP contribution < -0.4 is 4.74 Å². The van der Waals surface area contributed by atoms with Gasteiger partial charge in [0, 0.05) is 46.2 Å². The highest BCUT2D eigenvalue weighted by molar-refractivity contribution is 7.08. The van der Waals surface area contributed by atoms with E-state index in [4.69, 9.17) is 4.74 Å². The van der Waals surface area contributed by atoms with Crippen LogP contribution in [0.4, 0.5) is 0 Å². The second-order valence-corrected chi connectivity index (χ2v) is 14.6. The molecule has 2 aliphatic rings. The molecule has 0 saturated carbocycles. The third-order valence-electron chi connectivity index (χ3n) is 9.83. The number of aromatic amines is 3. The lowest BCUT2D eigenvalue weighted by molar-refractivity contribution is 0.403. The highest BCUT2D eigenvalue weighted by Crippen LogP contribution is 2.45. The summed E-state index contributed by atoms with van der Waals surface area (Å²) in [5.74, 6) is 1.02. The van der Waals surface area contributed by atoms with Crippen molar-refractivity contribution < 1.29 is 4.74 Å². The maximum atomic E-state index is 5.33. The largest absolute Gasteiger partial charge is 0.479 e. The van der Waals surface area contributed by atoms with Crippen LogP contribution in [-0.4, -0.2) is 56.9 Å². The van der Waals surface area contributed by atoms with Gasteiger partial charge in [-0.3, -0.25) is 10.2 Å². The standard InChI is InChI=1S/C20H16N4OS2.C18H14N6S/c1-25-19-18(23-27-24-19)17-15-7-9-20(11-16(15)21-22-17,14-8-10-26-12-14)13-5-3-2-4-6-13;1-2-4-12(5-3-1)18(13-7-9-25-11-13)8-6-14-15(10-18)19-20-16(14)17-21-23-24-22-17/h2-10,12H,11H2,1H3,(H,21,22);1-9,11H,10H2,(H,19,20)(H,21,22,23,24). The van der Waals surface area contributed by atoms with Crippen molar-refractivity contribution in [3.63, 3.8) is 0 Å². The van der Waals surface area contributed by atoms with Gasteiger partial charge < -0.3 is 4.74 Å². The van der Waals surface area contributed by atoms with Crippen LogP contribution in [0.2, 0.25) is 0 Å². The fraction of sp³-hybridized carbons (Fsp3) is 0.132. The molecule has 6 aromatic heterocycles. The Labute approximate surface area is 310 Å². The number of methoxy groups -OCH3 is 1. The van der Waals surface area contributed by atoms with Crippen LogP contribution in [0.25, 0.3) is 35.1 Å². The molecule has 256 valence electrons. The Kier molecular flexibility index (Phi) is 8.26. The molecule has 0 aliphatic heterocycles. The van der Waals surface area contributed by atoms with E-state index in [1.807, 2.05) is 6.07 Å². The minimum Gasteiger partial charge on any atom is -0.479 e. The van der Waals surface area contributed by atoms with Gasteiger partial charge >= 0.3 is 0 Å². The molecule has 0 spiro atoms. The van der Waals surface area contributed by atoms with Gasteiger partial charge in [0.25, 0.3) is 5.88 Å². The van der Waals surface area contributed by atoms with Crippen molar-refractivity contribution >= 4 is 46.6 Å². The van der Waals surface area contributed by atoms with Gasteiger partial charge in [0.2, 0.25) is 5.82 Å². The molecule has 10 rings (SSSR count). The lowest BCUT2D eigenvalue weighted by Crippen LogP contribution is -2.30. The predicted molar refractivity (Wildman–Crippen MR) is 204 cm³/mol. The molecule has 14 heteroatoms. The number of hydrogen-bond donors (Lipinski definition) is 3. The highest BCUT2D eigenvalue weighted by atomic mass is 32.1. The number of fused-ring (bicyclic) bond motifs is 2. The van der Waals surface area contributed by atoms with Crippen LogP contribution >= 0.6 is 34.4 Å². The molecule has 0 fully saturated rings. The summed E-state index contributed by atoms with van der Waals surface area (Å²) in [6.45, 7) is 0. The first-order valence-corrected chi connectivity index (χ1v) is 19.1. The van der Waals surface area contributed by atoms with E-state index in [1.54, 1.807) is 29.8 Å². The third kappa shape index (κ3) is 5.43. The molecule has 0 amide bonds. The average Bonchev–Trinajstić information content (AvgIpc) is 4.05. The van der Waals surface area contributed by atoms with Gasteiger partial charge in [0.1, 0.15) is 11.4 Å². The van der Waals surface area contributed by atoms with Crippen LogP contribution in [-0.2, 0) is 23.7 Å². The second-order valence-electron chi connectivity index (χ2n) is 12.5. The molecule has 0 radical (unpaired) electrons. The number of thiophene rings is 2. The summed E-state index contributed by atoms with van der Waals surface area (Å²) in [5.41, 5.74) is 11.2. The van der Waals surface area contributed by atoms with Gasteiger partial charge in [-0.25, -0.2) is 0 Å². The number of ether oxygens (including phenoxy) is 1. The fourth-order valence-corrected chi connectivity index (χ4v) is 9.24. The summed E-state index contributed by atoms with van der Waals surface area (Å²) in [6.07, 6.45) is 10.5. The van der Waals surface area contributed by atoms with Crippen molar-refractivity contribution in [3.8, 4) is 28.8 Å². The molecule has 0 saturated heterocycles. The summed E-state index contributed by atoms with van der Waals surface area (Å²) in [4.78, 5) is 0. The SMILES string of the molecule is C1=CC(c2ccccc2)(c2ccsc2)Cc2[nH]nc(-c3nn[nH]n3)c21.COc1nsnc1-c1n[nH]c2c1C=CC(c1ccccc1)(c1ccsc1)C2. The van der Waals surface area contributed by atoms with E-state index in [9.17, 15) is 0 Å². The molecular formula is C38H30N10OS3. The summed E-state index contributed by atoms with van der Waals surface area (Å²) in [7, 11) is 1.60. The Morgan fingerprint density at radius 2 is 1.21 bits per heavy atom. The van der Waals surface area contributed by atoms with E-state index in [2.05, 4.69) is 162 Å².